The molecule has 0 saturated carbocycles. The second kappa shape index (κ2) is 5.46. The van der Waals surface area contributed by atoms with Crippen molar-refractivity contribution in [1.29, 1.82) is 0 Å². The van der Waals surface area contributed by atoms with Gasteiger partial charge in [0.1, 0.15) is 0 Å². The zero-order chi connectivity index (χ0) is 11.4. The van der Waals surface area contributed by atoms with Gasteiger partial charge in [0.25, 0.3) is 5.91 Å². The molecule has 1 heterocycles. The first-order chi connectivity index (χ1) is 7.77. The first-order valence-corrected chi connectivity index (χ1v) is 6.33. The Morgan fingerprint density at radius 3 is 2.94 bits per heavy atom. The Hall–Kier alpha value is -0.870. The molecule has 0 radical (unpaired) electrons. The number of benzene rings is 1. The van der Waals surface area contributed by atoms with E-state index in [0.717, 1.165) is 30.4 Å². The number of rotatable bonds is 2. The molecule has 0 aromatic heterocycles. The Labute approximate surface area is 104 Å². The summed E-state index contributed by atoms with van der Waals surface area (Å²) in [7, 11) is 0. The van der Waals surface area contributed by atoms with Gasteiger partial charge < -0.3 is 10.6 Å². The predicted molar refractivity (Wildman–Crippen MR) is 67.5 cm³/mol. The lowest BCUT2D eigenvalue weighted by molar-refractivity contribution is 0.0930. The monoisotopic (exact) mass is 282 g/mol. The van der Waals surface area contributed by atoms with E-state index in [1.165, 1.54) is 0 Å². The third-order valence-corrected chi connectivity index (χ3v) is 3.44. The van der Waals surface area contributed by atoms with E-state index >= 15 is 0 Å². The van der Waals surface area contributed by atoms with Gasteiger partial charge in [-0.3, -0.25) is 4.79 Å². The van der Waals surface area contributed by atoms with E-state index in [4.69, 9.17) is 0 Å². The van der Waals surface area contributed by atoms with E-state index in [-0.39, 0.29) is 11.9 Å². The van der Waals surface area contributed by atoms with Crippen LogP contribution in [0, 0.1) is 0 Å². The van der Waals surface area contributed by atoms with Crippen LogP contribution in [0.25, 0.3) is 0 Å². The number of carbonyl (C=O) groups is 1. The molecular formula is C12H15BrN2O. The van der Waals surface area contributed by atoms with Crippen molar-refractivity contribution in [3.05, 3.63) is 34.3 Å². The van der Waals surface area contributed by atoms with Crippen molar-refractivity contribution >= 4 is 21.8 Å². The Balaban J connectivity index is 2.00. The molecule has 1 atom stereocenters. The average molecular weight is 283 g/mol. The van der Waals surface area contributed by atoms with Gasteiger partial charge in [0, 0.05) is 17.1 Å². The summed E-state index contributed by atoms with van der Waals surface area (Å²) in [6.45, 7) is 1.93. The number of hydrogen-bond acceptors (Lipinski definition) is 2. The molecule has 0 spiro atoms. The first kappa shape index (κ1) is 11.6. The molecule has 1 saturated heterocycles. The highest BCUT2D eigenvalue weighted by Gasteiger charge is 2.17. The third-order valence-electron chi connectivity index (χ3n) is 2.75. The summed E-state index contributed by atoms with van der Waals surface area (Å²) >= 11 is 3.39. The van der Waals surface area contributed by atoms with Gasteiger partial charge in [0.15, 0.2) is 0 Å². The summed E-state index contributed by atoms with van der Waals surface area (Å²) in [5.41, 5.74) is 0.702. The van der Waals surface area contributed by atoms with Crippen LogP contribution in [0.5, 0.6) is 0 Å². The van der Waals surface area contributed by atoms with Crippen LogP contribution < -0.4 is 10.6 Å². The highest BCUT2D eigenvalue weighted by Crippen LogP contribution is 2.16. The Kier molecular flexibility index (Phi) is 3.96. The molecule has 1 aliphatic rings. The van der Waals surface area contributed by atoms with Gasteiger partial charge in [0.05, 0.1) is 5.56 Å². The van der Waals surface area contributed by atoms with Gasteiger partial charge in [-0.15, -0.1) is 0 Å². The number of amides is 1. The van der Waals surface area contributed by atoms with Gasteiger partial charge >= 0.3 is 0 Å². The molecule has 1 aromatic rings. The van der Waals surface area contributed by atoms with Crippen LogP contribution in [0.2, 0.25) is 0 Å². The van der Waals surface area contributed by atoms with E-state index in [1.54, 1.807) is 0 Å². The summed E-state index contributed by atoms with van der Waals surface area (Å²) in [4.78, 5) is 12.0. The smallest absolute Gasteiger partial charge is 0.252 e. The van der Waals surface area contributed by atoms with Crippen molar-refractivity contribution in [2.45, 2.75) is 18.9 Å². The van der Waals surface area contributed by atoms with E-state index in [9.17, 15) is 4.79 Å². The fourth-order valence-corrected chi connectivity index (χ4v) is 2.35. The molecule has 1 fully saturated rings. The van der Waals surface area contributed by atoms with Crippen molar-refractivity contribution in [1.82, 2.24) is 10.6 Å². The topological polar surface area (TPSA) is 41.1 Å². The zero-order valence-electron chi connectivity index (χ0n) is 9.00. The van der Waals surface area contributed by atoms with Gasteiger partial charge in [-0.05, 0) is 47.4 Å². The molecule has 0 aliphatic carbocycles. The summed E-state index contributed by atoms with van der Waals surface area (Å²) in [6, 6.07) is 7.75. The molecule has 1 amide bonds. The minimum atomic E-state index is 0.00109. The number of hydrogen-bond donors (Lipinski definition) is 2. The van der Waals surface area contributed by atoms with Crippen LogP contribution in [0.4, 0.5) is 0 Å². The minimum absolute atomic E-state index is 0.00109. The normalized spacial score (nSPS) is 20.4. The van der Waals surface area contributed by atoms with Crippen LogP contribution in [0.15, 0.2) is 28.7 Å². The molecule has 86 valence electrons. The fourth-order valence-electron chi connectivity index (χ4n) is 1.88. The molecular weight excluding hydrogens is 268 g/mol. The highest BCUT2D eigenvalue weighted by atomic mass is 79.9. The molecule has 2 rings (SSSR count). The molecule has 2 N–H and O–H groups in total. The molecule has 0 unspecified atom stereocenters. The molecule has 1 aliphatic heterocycles. The van der Waals surface area contributed by atoms with Crippen molar-refractivity contribution in [3.63, 3.8) is 0 Å². The van der Waals surface area contributed by atoms with E-state index in [0.29, 0.717) is 5.56 Å². The maximum Gasteiger partial charge on any atom is 0.252 e. The van der Waals surface area contributed by atoms with Crippen LogP contribution in [0.1, 0.15) is 23.2 Å². The first-order valence-electron chi connectivity index (χ1n) is 5.53. The lowest BCUT2D eigenvalue weighted by Crippen LogP contribution is -2.45. The zero-order valence-corrected chi connectivity index (χ0v) is 10.6. The number of halogens is 1. The second-order valence-corrected chi connectivity index (χ2v) is 4.85. The molecule has 3 nitrogen and oxygen atoms in total. The van der Waals surface area contributed by atoms with Gasteiger partial charge in [-0.1, -0.05) is 12.1 Å². The predicted octanol–water partition coefficient (Wildman–Crippen LogP) is 1.93. The van der Waals surface area contributed by atoms with Crippen molar-refractivity contribution in [2.75, 3.05) is 13.1 Å². The summed E-state index contributed by atoms with van der Waals surface area (Å²) < 4.78 is 0.844. The lowest BCUT2D eigenvalue weighted by atomic mass is 10.1. The Morgan fingerprint density at radius 1 is 1.44 bits per heavy atom. The molecule has 4 heteroatoms. The Bertz CT molecular complexity index is 375. The highest BCUT2D eigenvalue weighted by molar-refractivity contribution is 9.10. The van der Waals surface area contributed by atoms with Crippen LogP contribution in [0.3, 0.4) is 0 Å². The molecule has 1 aromatic carbocycles. The third kappa shape index (κ3) is 2.83. The van der Waals surface area contributed by atoms with E-state index < -0.39 is 0 Å². The second-order valence-electron chi connectivity index (χ2n) is 4.00. The lowest BCUT2D eigenvalue weighted by Gasteiger charge is -2.23. The number of carbonyl (C=O) groups excluding carboxylic acids is 1. The van der Waals surface area contributed by atoms with E-state index in [2.05, 4.69) is 26.6 Å². The van der Waals surface area contributed by atoms with Gasteiger partial charge in [-0.25, -0.2) is 0 Å². The quantitative estimate of drug-likeness (QED) is 0.870. The maximum atomic E-state index is 12.0. The summed E-state index contributed by atoms with van der Waals surface area (Å²) in [6.07, 6.45) is 2.18. The standard InChI is InChI=1S/C12H15BrN2O/c13-11-6-2-1-5-10(11)12(16)15-9-4-3-7-14-8-9/h1-2,5-6,9,14H,3-4,7-8H2,(H,15,16)/t9-/m1/s1. The number of piperidine rings is 1. The van der Waals surface area contributed by atoms with Gasteiger partial charge in [0.2, 0.25) is 0 Å². The summed E-state index contributed by atoms with van der Waals surface area (Å²) in [5.74, 6) is 0.00109. The van der Waals surface area contributed by atoms with Crippen molar-refractivity contribution in [2.24, 2.45) is 0 Å². The van der Waals surface area contributed by atoms with Crippen molar-refractivity contribution in [3.8, 4) is 0 Å². The minimum Gasteiger partial charge on any atom is -0.348 e. The Morgan fingerprint density at radius 2 is 2.25 bits per heavy atom. The van der Waals surface area contributed by atoms with Gasteiger partial charge in [-0.2, -0.15) is 0 Å². The SMILES string of the molecule is O=C(N[C@@H]1CCCNC1)c1ccccc1Br. The molecule has 16 heavy (non-hydrogen) atoms. The number of nitrogens with one attached hydrogen (secondary N) is 2. The van der Waals surface area contributed by atoms with Crippen LogP contribution in [-0.2, 0) is 0 Å². The molecule has 0 bridgehead atoms. The largest absolute Gasteiger partial charge is 0.348 e. The average Bonchev–Trinajstić information content (AvgIpc) is 2.31. The van der Waals surface area contributed by atoms with Crippen LogP contribution in [-0.4, -0.2) is 25.0 Å². The van der Waals surface area contributed by atoms with E-state index in [1.807, 2.05) is 24.3 Å². The summed E-state index contributed by atoms with van der Waals surface area (Å²) in [5, 5.41) is 6.32. The fraction of sp³-hybridized carbons (Fsp3) is 0.417. The van der Waals surface area contributed by atoms with Crippen molar-refractivity contribution < 1.29 is 4.79 Å². The van der Waals surface area contributed by atoms with Crippen LogP contribution >= 0.6 is 15.9 Å². The maximum absolute atomic E-state index is 12.0.